The summed E-state index contributed by atoms with van der Waals surface area (Å²) < 4.78 is 16.7. The van der Waals surface area contributed by atoms with Crippen molar-refractivity contribution >= 4 is 17.5 Å². The molecule has 28 heavy (non-hydrogen) atoms. The highest BCUT2D eigenvalue weighted by molar-refractivity contribution is 6.26. The van der Waals surface area contributed by atoms with E-state index in [4.69, 9.17) is 19.9 Å². The number of ketones is 2. The molecular formula is C19H21NO8. The van der Waals surface area contributed by atoms with Gasteiger partial charge in [0.2, 0.25) is 11.7 Å². The third-order valence-corrected chi connectivity index (χ3v) is 5.87. The molecule has 1 aromatic carbocycles. The first-order valence-corrected chi connectivity index (χ1v) is 9.07. The first kappa shape index (κ1) is 18.9. The topological polar surface area (TPSA) is 149 Å². The Kier molecular flexibility index (Phi) is 4.04. The van der Waals surface area contributed by atoms with Crippen molar-refractivity contribution in [2.45, 2.75) is 55.7 Å². The summed E-state index contributed by atoms with van der Waals surface area (Å²) in [7, 11) is 1.37. The van der Waals surface area contributed by atoms with Crippen molar-refractivity contribution in [1.29, 1.82) is 0 Å². The van der Waals surface area contributed by atoms with Crippen molar-refractivity contribution in [3.63, 3.8) is 0 Å². The van der Waals surface area contributed by atoms with Gasteiger partial charge in [0, 0.05) is 18.1 Å². The summed E-state index contributed by atoms with van der Waals surface area (Å²) in [6.45, 7) is 1.86. The van der Waals surface area contributed by atoms with E-state index in [0.717, 1.165) is 0 Å². The minimum absolute atomic E-state index is 0.0144. The van der Waals surface area contributed by atoms with Crippen molar-refractivity contribution < 1.29 is 38.8 Å². The van der Waals surface area contributed by atoms with Crippen molar-refractivity contribution in [3.05, 3.63) is 23.3 Å². The van der Waals surface area contributed by atoms with Gasteiger partial charge in [-0.05, 0) is 12.5 Å². The number of rotatable bonds is 5. The van der Waals surface area contributed by atoms with Gasteiger partial charge in [-0.15, -0.1) is 0 Å². The number of phenolic OH excluding ortho intramolecular Hbond substituents is 1. The molecule has 0 bridgehead atoms. The SMILES string of the molecule is CCCC1OC(C(O)C(N)=O)CC23OC12C(=O)c1c(O)cc(OC)cc1C3=O. The summed E-state index contributed by atoms with van der Waals surface area (Å²) in [6, 6.07) is 2.63. The monoisotopic (exact) mass is 391 g/mol. The van der Waals surface area contributed by atoms with Crippen LogP contribution in [0.2, 0.25) is 0 Å². The number of epoxide rings is 1. The number of primary amides is 1. The van der Waals surface area contributed by atoms with Crippen LogP contribution in [-0.2, 0) is 14.3 Å². The fourth-order valence-corrected chi connectivity index (χ4v) is 4.53. The van der Waals surface area contributed by atoms with Gasteiger partial charge in [-0.2, -0.15) is 0 Å². The van der Waals surface area contributed by atoms with Crippen LogP contribution in [0.25, 0.3) is 0 Å². The van der Waals surface area contributed by atoms with Crippen LogP contribution in [0, 0.1) is 0 Å². The Labute approximate surface area is 160 Å². The first-order valence-electron chi connectivity index (χ1n) is 9.07. The average molecular weight is 391 g/mol. The second-order valence-electron chi connectivity index (χ2n) is 7.40. The number of Topliss-reactive ketones (excluding diaryl/α,β-unsaturated/α-hetero) is 2. The van der Waals surface area contributed by atoms with Crippen LogP contribution in [0.4, 0.5) is 0 Å². The number of benzene rings is 1. The maximum atomic E-state index is 13.4. The van der Waals surface area contributed by atoms with Crippen molar-refractivity contribution in [1.82, 2.24) is 0 Å². The number of carbonyl (C=O) groups excluding carboxylic acids is 3. The Balaban J connectivity index is 1.86. The number of methoxy groups -OCH3 is 1. The number of hydrogen-bond donors (Lipinski definition) is 3. The molecule has 2 fully saturated rings. The summed E-state index contributed by atoms with van der Waals surface area (Å²) in [5.41, 5.74) is 1.92. The van der Waals surface area contributed by atoms with Gasteiger partial charge in [-0.3, -0.25) is 14.4 Å². The number of hydrogen-bond acceptors (Lipinski definition) is 8. The number of nitrogens with two attached hydrogens (primary N) is 1. The first-order chi connectivity index (χ1) is 13.2. The number of phenols is 1. The van der Waals surface area contributed by atoms with E-state index in [0.29, 0.717) is 12.8 Å². The quantitative estimate of drug-likeness (QED) is 0.598. The molecule has 0 spiro atoms. The number of aliphatic hydroxyl groups is 1. The van der Waals surface area contributed by atoms with Gasteiger partial charge in [0.15, 0.2) is 23.1 Å². The normalized spacial score (nSPS) is 34.1. The molecule has 0 radical (unpaired) electrons. The van der Waals surface area contributed by atoms with Crippen LogP contribution in [0.1, 0.15) is 46.9 Å². The Morgan fingerprint density at radius 3 is 2.71 bits per heavy atom. The molecular weight excluding hydrogens is 370 g/mol. The zero-order valence-corrected chi connectivity index (χ0v) is 15.4. The molecule has 9 nitrogen and oxygen atoms in total. The number of aromatic hydroxyl groups is 1. The third-order valence-electron chi connectivity index (χ3n) is 5.87. The lowest BCUT2D eigenvalue weighted by Crippen LogP contribution is -2.60. The molecule has 0 aromatic heterocycles. The molecule has 1 aromatic rings. The highest BCUT2D eigenvalue weighted by Crippen LogP contribution is 2.64. The average Bonchev–Trinajstić information content (AvgIpc) is 3.37. The molecule has 4 N–H and O–H groups in total. The molecule has 9 heteroatoms. The molecule has 3 aliphatic rings. The number of carbonyl (C=O) groups is 3. The van der Waals surface area contributed by atoms with Crippen LogP contribution in [0.5, 0.6) is 11.5 Å². The predicted octanol–water partition coefficient (Wildman–Crippen LogP) is 0.0914. The van der Waals surface area contributed by atoms with E-state index in [9.17, 15) is 24.6 Å². The molecule has 4 rings (SSSR count). The van der Waals surface area contributed by atoms with Gasteiger partial charge in [-0.1, -0.05) is 13.3 Å². The summed E-state index contributed by atoms with van der Waals surface area (Å²) in [5, 5.41) is 20.5. The summed E-state index contributed by atoms with van der Waals surface area (Å²) in [6.07, 6.45) is -2.82. The molecule has 0 saturated carbocycles. The van der Waals surface area contributed by atoms with Gasteiger partial charge in [0.05, 0.1) is 24.9 Å². The maximum absolute atomic E-state index is 13.4. The second kappa shape index (κ2) is 6.00. The van der Waals surface area contributed by atoms with Crippen LogP contribution in [-0.4, -0.2) is 64.3 Å². The molecule has 2 saturated heterocycles. The Hall–Kier alpha value is -2.49. The lowest BCUT2D eigenvalue weighted by molar-refractivity contribution is -0.146. The minimum Gasteiger partial charge on any atom is -0.507 e. The highest BCUT2D eigenvalue weighted by Gasteiger charge is 2.86. The van der Waals surface area contributed by atoms with E-state index in [1.54, 1.807) is 0 Å². The summed E-state index contributed by atoms with van der Waals surface area (Å²) in [5.74, 6) is -2.21. The summed E-state index contributed by atoms with van der Waals surface area (Å²) in [4.78, 5) is 38.2. The fraction of sp³-hybridized carbons (Fsp3) is 0.526. The Morgan fingerprint density at radius 1 is 1.39 bits per heavy atom. The zero-order valence-electron chi connectivity index (χ0n) is 15.4. The van der Waals surface area contributed by atoms with Crippen molar-refractivity contribution in [2.75, 3.05) is 7.11 Å². The molecule has 2 aliphatic heterocycles. The minimum atomic E-state index is -1.64. The van der Waals surface area contributed by atoms with Gasteiger partial charge in [0.25, 0.3) is 0 Å². The standard InChI is InChI=1S/C19H21NO8/c1-3-4-12-19-16(24)13-9(5-8(26-2)6-10(13)21)15(23)18(19,28-19)7-11(27-12)14(22)17(20)25/h5-6,11-12,14,21-22H,3-4,7H2,1-2H3,(H2,20,25). The van der Waals surface area contributed by atoms with Gasteiger partial charge < -0.3 is 30.2 Å². The predicted molar refractivity (Wildman–Crippen MR) is 93.3 cm³/mol. The second-order valence-corrected chi connectivity index (χ2v) is 7.40. The highest BCUT2D eigenvalue weighted by atomic mass is 16.7. The third kappa shape index (κ3) is 2.15. The van der Waals surface area contributed by atoms with Gasteiger partial charge in [0.1, 0.15) is 11.5 Å². The number of amides is 1. The van der Waals surface area contributed by atoms with Crippen LogP contribution >= 0.6 is 0 Å². The molecule has 5 unspecified atom stereocenters. The fourth-order valence-electron chi connectivity index (χ4n) is 4.53. The van der Waals surface area contributed by atoms with Gasteiger partial charge >= 0.3 is 0 Å². The largest absolute Gasteiger partial charge is 0.507 e. The number of ether oxygens (including phenoxy) is 3. The summed E-state index contributed by atoms with van der Waals surface area (Å²) >= 11 is 0. The lowest BCUT2D eigenvalue weighted by atomic mass is 9.67. The van der Waals surface area contributed by atoms with Gasteiger partial charge in [-0.25, -0.2) is 0 Å². The van der Waals surface area contributed by atoms with Crippen LogP contribution in [0.15, 0.2) is 12.1 Å². The number of aliphatic hydroxyl groups excluding tert-OH is 1. The molecule has 150 valence electrons. The van der Waals surface area contributed by atoms with Crippen LogP contribution < -0.4 is 10.5 Å². The van der Waals surface area contributed by atoms with E-state index in [2.05, 4.69) is 0 Å². The van der Waals surface area contributed by atoms with E-state index >= 15 is 0 Å². The number of fused-ring (bicyclic) bond motifs is 1. The van der Waals surface area contributed by atoms with E-state index < -0.39 is 47.0 Å². The maximum Gasteiger partial charge on any atom is 0.248 e. The Bertz CT molecular complexity index is 898. The van der Waals surface area contributed by atoms with Crippen molar-refractivity contribution in [2.24, 2.45) is 5.73 Å². The van der Waals surface area contributed by atoms with E-state index in [1.807, 2.05) is 6.92 Å². The van der Waals surface area contributed by atoms with E-state index in [-0.39, 0.29) is 29.0 Å². The van der Waals surface area contributed by atoms with Crippen molar-refractivity contribution in [3.8, 4) is 11.5 Å². The van der Waals surface area contributed by atoms with Crippen LogP contribution in [0.3, 0.4) is 0 Å². The molecule has 2 heterocycles. The molecule has 5 atom stereocenters. The van der Waals surface area contributed by atoms with E-state index in [1.165, 1.54) is 19.2 Å². The smallest absolute Gasteiger partial charge is 0.248 e. The Morgan fingerprint density at radius 2 is 2.11 bits per heavy atom. The molecule has 1 amide bonds. The molecule has 1 aliphatic carbocycles. The lowest BCUT2D eigenvalue weighted by Gasteiger charge is -2.39. The zero-order chi connectivity index (χ0) is 20.4.